The number of nitrogens with zero attached hydrogens (tertiary/aromatic N) is 3. The van der Waals surface area contributed by atoms with E-state index >= 15 is 0 Å². The molecule has 1 fully saturated rings. The highest BCUT2D eigenvalue weighted by atomic mass is 32.1. The zero-order chi connectivity index (χ0) is 16.9. The van der Waals surface area contributed by atoms with Crippen molar-refractivity contribution in [2.24, 2.45) is 0 Å². The van der Waals surface area contributed by atoms with Crippen molar-refractivity contribution in [3.05, 3.63) is 40.3 Å². The summed E-state index contributed by atoms with van der Waals surface area (Å²) in [6, 6.07) is 3.65. The molecule has 3 heterocycles. The van der Waals surface area contributed by atoms with Crippen LogP contribution < -0.4 is 0 Å². The van der Waals surface area contributed by atoms with Gasteiger partial charge in [0.25, 0.3) is 0 Å². The summed E-state index contributed by atoms with van der Waals surface area (Å²) in [6.07, 6.45) is 4.85. The second-order valence-corrected chi connectivity index (χ2v) is 6.86. The van der Waals surface area contributed by atoms with Crippen LogP contribution in [0, 0.1) is 0 Å². The number of piperidine rings is 1. The predicted octanol–water partition coefficient (Wildman–Crippen LogP) is 2.83. The number of amides is 1. The monoisotopic (exact) mass is 347 g/mol. The maximum absolute atomic E-state index is 12.3. The lowest BCUT2D eigenvalue weighted by molar-refractivity contribution is -0.132. The maximum Gasteiger partial charge on any atom is 0.356 e. The number of rotatable bonds is 6. The summed E-state index contributed by atoms with van der Waals surface area (Å²) in [5.41, 5.74) is 1.44. The Morgan fingerprint density at radius 1 is 1.29 bits per heavy atom. The Morgan fingerprint density at radius 3 is 2.71 bits per heavy atom. The fourth-order valence-electron chi connectivity index (χ4n) is 3.12. The number of carbonyl (C=O) groups excluding carboxylic acids is 1. The van der Waals surface area contributed by atoms with E-state index in [0.717, 1.165) is 25.9 Å². The van der Waals surface area contributed by atoms with E-state index in [1.165, 1.54) is 11.6 Å². The molecule has 24 heavy (non-hydrogen) atoms. The van der Waals surface area contributed by atoms with Gasteiger partial charge in [0, 0.05) is 32.3 Å². The van der Waals surface area contributed by atoms with E-state index in [1.807, 2.05) is 4.90 Å². The van der Waals surface area contributed by atoms with Crippen molar-refractivity contribution in [3.8, 4) is 0 Å². The third kappa shape index (κ3) is 4.03. The Morgan fingerprint density at radius 2 is 2.08 bits per heavy atom. The van der Waals surface area contributed by atoms with Crippen LogP contribution in [-0.2, 0) is 11.3 Å². The molecule has 0 radical (unpaired) electrons. The number of aryl methyl sites for hydroxylation is 1. The van der Waals surface area contributed by atoms with Crippen LogP contribution in [0.2, 0.25) is 0 Å². The Kier molecular flexibility index (Phi) is 5.30. The molecule has 1 aliphatic rings. The van der Waals surface area contributed by atoms with Gasteiger partial charge in [0.05, 0.1) is 0 Å². The van der Waals surface area contributed by atoms with Gasteiger partial charge >= 0.3 is 5.97 Å². The molecule has 0 spiro atoms. The number of thiophene rings is 1. The summed E-state index contributed by atoms with van der Waals surface area (Å²) >= 11 is 1.73. The average Bonchev–Trinajstić information content (AvgIpc) is 3.27. The summed E-state index contributed by atoms with van der Waals surface area (Å²) in [4.78, 5) is 25.0. The van der Waals surface area contributed by atoms with E-state index in [-0.39, 0.29) is 11.6 Å². The topological polar surface area (TPSA) is 75.4 Å². The lowest BCUT2D eigenvalue weighted by Gasteiger charge is -2.32. The van der Waals surface area contributed by atoms with E-state index in [2.05, 4.69) is 21.9 Å². The third-order valence-corrected chi connectivity index (χ3v) is 5.20. The van der Waals surface area contributed by atoms with Crippen molar-refractivity contribution >= 4 is 23.2 Å². The number of carboxylic acids is 1. The normalized spacial score (nSPS) is 15.6. The van der Waals surface area contributed by atoms with Crippen molar-refractivity contribution in [3.63, 3.8) is 0 Å². The quantitative estimate of drug-likeness (QED) is 0.872. The first-order chi connectivity index (χ1) is 11.6. The highest BCUT2D eigenvalue weighted by Gasteiger charge is 2.23. The molecule has 128 valence electrons. The van der Waals surface area contributed by atoms with E-state index < -0.39 is 5.97 Å². The van der Waals surface area contributed by atoms with E-state index in [0.29, 0.717) is 25.3 Å². The molecule has 0 unspecified atom stereocenters. The molecule has 7 heteroatoms. The lowest BCUT2D eigenvalue weighted by Crippen LogP contribution is -2.37. The maximum atomic E-state index is 12.3. The molecule has 0 aromatic carbocycles. The fraction of sp³-hybridized carbons (Fsp3) is 0.471. The third-order valence-electron chi connectivity index (χ3n) is 4.50. The van der Waals surface area contributed by atoms with Gasteiger partial charge in [-0.3, -0.25) is 9.48 Å². The lowest BCUT2D eigenvalue weighted by atomic mass is 9.91. The number of likely N-dealkylation sites (tertiary alicyclic amines) is 1. The molecule has 2 aromatic rings. The number of carbonyl (C=O) groups is 2. The highest BCUT2D eigenvalue weighted by Crippen LogP contribution is 2.29. The summed E-state index contributed by atoms with van der Waals surface area (Å²) in [7, 11) is 0. The van der Waals surface area contributed by atoms with Crippen LogP contribution in [0.1, 0.15) is 47.7 Å². The van der Waals surface area contributed by atoms with Crippen molar-refractivity contribution in [2.75, 3.05) is 13.1 Å². The first-order valence-corrected chi connectivity index (χ1v) is 9.14. The zero-order valence-corrected chi connectivity index (χ0v) is 14.2. The van der Waals surface area contributed by atoms with Crippen LogP contribution in [0.25, 0.3) is 0 Å². The first-order valence-electron chi connectivity index (χ1n) is 8.20. The summed E-state index contributed by atoms with van der Waals surface area (Å²) < 4.78 is 1.58. The van der Waals surface area contributed by atoms with Gasteiger partial charge in [0.2, 0.25) is 5.91 Å². The molecule has 6 nitrogen and oxygen atoms in total. The molecule has 0 saturated carbocycles. The van der Waals surface area contributed by atoms with E-state index in [1.54, 1.807) is 22.2 Å². The van der Waals surface area contributed by atoms with Gasteiger partial charge in [-0.2, -0.15) is 16.4 Å². The van der Waals surface area contributed by atoms with Crippen LogP contribution in [0.5, 0.6) is 0 Å². The number of hydrogen-bond donors (Lipinski definition) is 1. The molecule has 3 rings (SSSR count). The van der Waals surface area contributed by atoms with E-state index in [4.69, 9.17) is 5.11 Å². The van der Waals surface area contributed by atoms with E-state index in [9.17, 15) is 9.59 Å². The molecule has 1 N–H and O–H groups in total. The number of carboxylic acid groups (broad SMARTS) is 1. The summed E-state index contributed by atoms with van der Waals surface area (Å²) in [6.45, 7) is 2.21. The van der Waals surface area contributed by atoms with Gasteiger partial charge in [-0.15, -0.1) is 0 Å². The molecular formula is C17H21N3O3S. The van der Waals surface area contributed by atoms with Gasteiger partial charge in [-0.25, -0.2) is 4.79 Å². The number of aromatic carboxylic acids is 1. The number of aromatic nitrogens is 2. The van der Waals surface area contributed by atoms with Crippen LogP contribution in [-0.4, -0.2) is 44.8 Å². The smallest absolute Gasteiger partial charge is 0.356 e. The van der Waals surface area contributed by atoms with Gasteiger partial charge < -0.3 is 10.0 Å². The molecule has 0 aliphatic carbocycles. The van der Waals surface area contributed by atoms with Crippen LogP contribution in [0.3, 0.4) is 0 Å². The van der Waals surface area contributed by atoms with Crippen LogP contribution in [0.15, 0.2) is 29.1 Å². The molecule has 1 amide bonds. The second-order valence-electron chi connectivity index (χ2n) is 6.08. The minimum Gasteiger partial charge on any atom is -0.476 e. The summed E-state index contributed by atoms with van der Waals surface area (Å²) in [5, 5.41) is 17.1. The molecule has 1 saturated heterocycles. The SMILES string of the molecule is O=C(O)c1ccn(CCCC(=O)N2CCC(c3ccsc3)CC2)n1. The predicted molar refractivity (Wildman–Crippen MR) is 91.3 cm³/mol. The molecule has 0 bridgehead atoms. The largest absolute Gasteiger partial charge is 0.476 e. The average molecular weight is 347 g/mol. The Labute approximate surface area is 144 Å². The Hall–Kier alpha value is -2.15. The van der Waals surface area contributed by atoms with Crippen molar-refractivity contribution in [2.45, 2.75) is 38.1 Å². The number of hydrogen-bond acceptors (Lipinski definition) is 4. The second kappa shape index (κ2) is 7.61. The minimum absolute atomic E-state index is 0.0387. The summed E-state index contributed by atoms with van der Waals surface area (Å²) in [5.74, 6) is -0.262. The molecule has 0 atom stereocenters. The molecule has 2 aromatic heterocycles. The minimum atomic E-state index is -1.03. The standard InChI is InChI=1S/C17H21N3O3S/c21-16(2-1-7-20-10-5-15(18-20)17(22)23)19-8-3-13(4-9-19)14-6-11-24-12-14/h5-6,10-13H,1-4,7-9H2,(H,22,23). The first kappa shape index (κ1) is 16.7. The van der Waals surface area contributed by atoms with Gasteiger partial charge in [-0.05, 0) is 53.6 Å². The fourth-order valence-corrected chi connectivity index (χ4v) is 3.86. The Bertz CT molecular complexity index is 688. The highest BCUT2D eigenvalue weighted by molar-refractivity contribution is 7.07. The van der Waals surface area contributed by atoms with Gasteiger partial charge in [0.15, 0.2) is 5.69 Å². The van der Waals surface area contributed by atoms with Crippen LogP contribution in [0.4, 0.5) is 0 Å². The Balaban J connectivity index is 1.40. The van der Waals surface area contributed by atoms with Crippen LogP contribution >= 0.6 is 11.3 Å². The van der Waals surface area contributed by atoms with Gasteiger partial charge in [-0.1, -0.05) is 0 Å². The van der Waals surface area contributed by atoms with Crippen molar-refractivity contribution in [1.29, 1.82) is 0 Å². The van der Waals surface area contributed by atoms with Gasteiger partial charge in [0.1, 0.15) is 0 Å². The van der Waals surface area contributed by atoms with Crippen molar-refractivity contribution in [1.82, 2.24) is 14.7 Å². The molecule has 1 aliphatic heterocycles. The van der Waals surface area contributed by atoms with Crippen molar-refractivity contribution < 1.29 is 14.7 Å². The zero-order valence-electron chi connectivity index (χ0n) is 13.4. The molecular weight excluding hydrogens is 326 g/mol.